The van der Waals surface area contributed by atoms with Gasteiger partial charge in [0.2, 0.25) is 0 Å². The molecule has 0 aromatic rings. The van der Waals surface area contributed by atoms with Gasteiger partial charge in [-0.3, -0.25) is 0 Å². The van der Waals surface area contributed by atoms with Gasteiger partial charge in [-0.2, -0.15) is 0 Å². The fraction of sp³-hybridized carbons (Fsp3) is 1.00. The Morgan fingerprint density at radius 1 is 1.56 bits per heavy atom. The Morgan fingerprint density at radius 3 is 2.44 bits per heavy atom. The molecule has 0 amide bonds. The molecule has 0 fully saturated rings. The summed E-state index contributed by atoms with van der Waals surface area (Å²) in [4.78, 5) is 0. The van der Waals surface area contributed by atoms with Gasteiger partial charge in [0.25, 0.3) is 0 Å². The van der Waals surface area contributed by atoms with Crippen molar-refractivity contribution in [2.45, 2.75) is 32.6 Å². The molecule has 0 aromatic heterocycles. The zero-order valence-electron chi connectivity index (χ0n) is 6.00. The number of hydrogen-bond donors (Lipinski definition) is 2. The maximum atomic E-state index is 8.60. The van der Waals surface area contributed by atoms with Gasteiger partial charge < -0.3 is 15.6 Å². The predicted octanol–water partition coefficient (Wildman–Crippen LogP) is 0.0786. The average molecular weight is 133 g/mol. The minimum Gasteiger partial charge on any atom is -0.368 e. The molecule has 0 aliphatic rings. The molecule has 0 aliphatic heterocycles. The summed E-state index contributed by atoms with van der Waals surface area (Å²) in [6.45, 7) is 4.03. The fourth-order valence-corrected chi connectivity index (χ4v) is 0.424. The molecule has 3 heteroatoms. The Bertz CT molecular complexity index is 56.1. The topological polar surface area (TPSA) is 55.5 Å². The first-order valence-electron chi connectivity index (χ1n) is 3.18. The molecule has 3 nitrogen and oxygen atoms in total. The van der Waals surface area contributed by atoms with Crippen LogP contribution in [-0.4, -0.2) is 24.0 Å². The van der Waals surface area contributed by atoms with Gasteiger partial charge in [-0.05, 0) is 20.3 Å². The lowest BCUT2D eigenvalue weighted by Gasteiger charge is -2.07. The SMILES string of the molecule is C[C@H](N)CCO[C@@H](C)O. The summed E-state index contributed by atoms with van der Waals surface area (Å²) >= 11 is 0. The summed E-state index contributed by atoms with van der Waals surface area (Å²) in [5, 5.41) is 8.60. The van der Waals surface area contributed by atoms with Gasteiger partial charge in [0, 0.05) is 6.04 Å². The van der Waals surface area contributed by atoms with Crippen LogP contribution in [0.4, 0.5) is 0 Å². The van der Waals surface area contributed by atoms with Crippen molar-refractivity contribution >= 4 is 0 Å². The number of aliphatic hydroxyl groups excluding tert-OH is 1. The molecule has 0 heterocycles. The van der Waals surface area contributed by atoms with Crippen LogP contribution in [0.5, 0.6) is 0 Å². The standard InChI is InChI=1S/C6H15NO2/c1-5(7)3-4-9-6(2)8/h5-6,8H,3-4,7H2,1-2H3/t5-,6-/m0/s1. The van der Waals surface area contributed by atoms with Crippen molar-refractivity contribution < 1.29 is 9.84 Å². The van der Waals surface area contributed by atoms with Crippen molar-refractivity contribution in [2.75, 3.05) is 6.61 Å². The van der Waals surface area contributed by atoms with Crippen LogP contribution in [0, 0.1) is 0 Å². The van der Waals surface area contributed by atoms with E-state index in [0.717, 1.165) is 6.42 Å². The van der Waals surface area contributed by atoms with Crippen molar-refractivity contribution in [1.29, 1.82) is 0 Å². The molecule has 0 saturated carbocycles. The van der Waals surface area contributed by atoms with Crippen molar-refractivity contribution in [1.82, 2.24) is 0 Å². The molecular weight excluding hydrogens is 118 g/mol. The quantitative estimate of drug-likeness (QED) is 0.534. The van der Waals surface area contributed by atoms with Crippen LogP contribution < -0.4 is 5.73 Å². The Balaban J connectivity index is 2.91. The highest BCUT2D eigenvalue weighted by atomic mass is 16.6. The van der Waals surface area contributed by atoms with Crippen molar-refractivity contribution in [3.05, 3.63) is 0 Å². The van der Waals surface area contributed by atoms with Crippen LogP contribution in [0.3, 0.4) is 0 Å². The summed E-state index contributed by atoms with van der Waals surface area (Å²) in [7, 11) is 0. The summed E-state index contributed by atoms with van der Waals surface area (Å²) in [6, 6.07) is 0.156. The smallest absolute Gasteiger partial charge is 0.151 e. The summed E-state index contributed by atoms with van der Waals surface area (Å²) in [5.74, 6) is 0. The van der Waals surface area contributed by atoms with Gasteiger partial charge in [0.05, 0.1) is 6.61 Å². The first-order chi connectivity index (χ1) is 4.13. The molecule has 56 valence electrons. The number of rotatable bonds is 4. The van der Waals surface area contributed by atoms with E-state index in [2.05, 4.69) is 0 Å². The van der Waals surface area contributed by atoms with E-state index in [-0.39, 0.29) is 6.04 Å². The van der Waals surface area contributed by atoms with Crippen LogP contribution in [0.1, 0.15) is 20.3 Å². The first kappa shape index (κ1) is 8.88. The third kappa shape index (κ3) is 7.88. The Kier molecular flexibility index (Phi) is 4.67. The van der Waals surface area contributed by atoms with Gasteiger partial charge >= 0.3 is 0 Å². The first-order valence-corrected chi connectivity index (χ1v) is 3.18. The van der Waals surface area contributed by atoms with E-state index in [9.17, 15) is 0 Å². The molecule has 0 saturated heterocycles. The molecule has 0 bridgehead atoms. The Morgan fingerprint density at radius 2 is 2.11 bits per heavy atom. The van der Waals surface area contributed by atoms with E-state index in [1.807, 2.05) is 6.92 Å². The molecular formula is C6H15NO2. The molecule has 0 radical (unpaired) electrons. The van der Waals surface area contributed by atoms with Crippen LogP contribution in [0.25, 0.3) is 0 Å². The third-order valence-corrected chi connectivity index (χ3v) is 0.932. The second-order valence-corrected chi connectivity index (χ2v) is 2.24. The highest BCUT2D eigenvalue weighted by molar-refractivity contribution is 4.50. The molecule has 0 aliphatic carbocycles. The van der Waals surface area contributed by atoms with Crippen LogP contribution in [0.15, 0.2) is 0 Å². The van der Waals surface area contributed by atoms with E-state index in [0.29, 0.717) is 6.61 Å². The fourth-order valence-electron chi connectivity index (χ4n) is 0.424. The zero-order chi connectivity index (χ0) is 7.28. The average Bonchev–Trinajstić information content (AvgIpc) is 1.63. The largest absolute Gasteiger partial charge is 0.368 e. The van der Waals surface area contributed by atoms with Gasteiger partial charge in [-0.15, -0.1) is 0 Å². The lowest BCUT2D eigenvalue weighted by atomic mass is 10.3. The second kappa shape index (κ2) is 4.73. The lowest BCUT2D eigenvalue weighted by Crippen LogP contribution is -2.19. The molecule has 3 N–H and O–H groups in total. The van der Waals surface area contributed by atoms with E-state index in [1.54, 1.807) is 6.92 Å². The number of ether oxygens (including phenoxy) is 1. The number of hydrogen-bond acceptors (Lipinski definition) is 3. The van der Waals surface area contributed by atoms with Crippen LogP contribution in [-0.2, 0) is 4.74 Å². The van der Waals surface area contributed by atoms with Crippen molar-refractivity contribution in [3.63, 3.8) is 0 Å². The number of aliphatic hydroxyl groups is 1. The normalized spacial score (nSPS) is 17.3. The second-order valence-electron chi connectivity index (χ2n) is 2.24. The maximum Gasteiger partial charge on any atom is 0.151 e. The van der Waals surface area contributed by atoms with E-state index in [1.165, 1.54) is 0 Å². The van der Waals surface area contributed by atoms with Crippen LogP contribution >= 0.6 is 0 Å². The Labute approximate surface area is 55.8 Å². The van der Waals surface area contributed by atoms with Gasteiger partial charge in [-0.25, -0.2) is 0 Å². The van der Waals surface area contributed by atoms with Crippen molar-refractivity contribution in [3.8, 4) is 0 Å². The molecule has 2 atom stereocenters. The van der Waals surface area contributed by atoms with E-state index in [4.69, 9.17) is 15.6 Å². The van der Waals surface area contributed by atoms with E-state index < -0.39 is 6.29 Å². The molecule has 0 rings (SSSR count). The third-order valence-electron chi connectivity index (χ3n) is 0.932. The minimum atomic E-state index is -0.663. The molecule has 0 spiro atoms. The molecule has 0 unspecified atom stereocenters. The molecule has 0 aromatic carbocycles. The summed E-state index contributed by atoms with van der Waals surface area (Å²) in [6.07, 6.45) is 0.133. The monoisotopic (exact) mass is 133 g/mol. The molecule has 9 heavy (non-hydrogen) atoms. The van der Waals surface area contributed by atoms with Gasteiger partial charge in [0.1, 0.15) is 0 Å². The predicted molar refractivity (Wildman–Crippen MR) is 35.9 cm³/mol. The van der Waals surface area contributed by atoms with Crippen molar-refractivity contribution in [2.24, 2.45) is 5.73 Å². The highest BCUT2D eigenvalue weighted by Crippen LogP contribution is 1.90. The minimum absolute atomic E-state index is 0.156. The van der Waals surface area contributed by atoms with Gasteiger partial charge in [-0.1, -0.05) is 0 Å². The summed E-state index contributed by atoms with van der Waals surface area (Å²) < 4.78 is 4.83. The maximum absolute atomic E-state index is 8.60. The summed E-state index contributed by atoms with van der Waals surface area (Å²) in [5.41, 5.74) is 5.42. The highest BCUT2D eigenvalue weighted by Gasteiger charge is 1.96. The van der Waals surface area contributed by atoms with E-state index >= 15 is 0 Å². The van der Waals surface area contributed by atoms with Gasteiger partial charge in [0.15, 0.2) is 6.29 Å². The lowest BCUT2D eigenvalue weighted by molar-refractivity contribution is -0.0863. The van der Waals surface area contributed by atoms with Crippen LogP contribution in [0.2, 0.25) is 0 Å². The Hall–Kier alpha value is -0.120. The zero-order valence-corrected chi connectivity index (χ0v) is 6.00. The number of nitrogens with two attached hydrogens (primary N) is 1.